The molecular weight excluding hydrogens is 170 g/mol. The van der Waals surface area contributed by atoms with Crippen molar-refractivity contribution in [1.29, 1.82) is 0 Å². The van der Waals surface area contributed by atoms with Crippen LogP contribution in [0.3, 0.4) is 0 Å². The molecule has 5 nitrogen and oxygen atoms in total. The lowest BCUT2D eigenvalue weighted by atomic mass is 10.5. The lowest BCUT2D eigenvalue weighted by Gasteiger charge is -2.15. The summed E-state index contributed by atoms with van der Waals surface area (Å²) in [5.74, 6) is -0.0893. The highest BCUT2D eigenvalue weighted by Crippen LogP contribution is 2.18. The third kappa shape index (κ3) is 3.31. The molecule has 0 unspecified atom stereocenters. The van der Waals surface area contributed by atoms with E-state index in [0.29, 0.717) is 6.04 Å². The SMILES string of the molecule is CNC(=O)N(C)CC(=O)NC1CC1. The van der Waals surface area contributed by atoms with Crippen molar-refractivity contribution in [2.24, 2.45) is 0 Å². The van der Waals surface area contributed by atoms with Gasteiger partial charge in [-0.1, -0.05) is 0 Å². The number of urea groups is 1. The zero-order valence-corrected chi connectivity index (χ0v) is 7.96. The van der Waals surface area contributed by atoms with Crippen LogP contribution in [0.25, 0.3) is 0 Å². The number of likely N-dealkylation sites (N-methyl/N-ethyl adjacent to an activating group) is 1. The van der Waals surface area contributed by atoms with E-state index in [1.807, 2.05) is 0 Å². The number of hydrogen-bond donors (Lipinski definition) is 2. The van der Waals surface area contributed by atoms with E-state index in [1.165, 1.54) is 11.9 Å². The van der Waals surface area contributed by atoms with Crippen LogP contribution in [-0.2, 0) is 4.79 Å². The molecule has 1 fully saturated rings. The van der Waals surface area contributed by atoms with Gasteiger partial charge in [0.2, 0.25) is 5.91 Å². The van der Waals surface area contributed by atoms with Gasteiger partial charge >= 0.3 is 6.03 Å². The van der Waals surface area contributed by atoms with E-state index in [4.69, 9.17) is 0 Å². The second-order valence-electron chi connectivity index (χ2n) is 3.25. The van der Waals surface area contributed by atoms with Crippen molar-refractivity contribution in [3.05, 3.63) is 0 Å². The van der Waals surface area contributed by atoms with Gasteiger partial charge in [0.05, 0.1) is 0 Å². The Hall–Kier alpha value is -1.26. The summed E-state index contributed by atoms with van der Waals surface area (Å²) >= 11 is 0. The predicted octanol–water partition coefficient (Wildman–Crippen LogP) is -0.464. The van der Waals surface area contributed by atoms with E-state index in [1.54, 1.807) is 7.05 Å². The molecule has 0 aromatic rings. The minimum atomic E-state index is -0.244. The first-order valence-corrected chi connectivity index (χ1v) is 4.35. The Kier molecular flexibility index (Phi) is 3.11. The molecule has 0 aliphatic heterocycles. The normalized spacial score (nSPS) is 14.9. The van der Waals surface area contributed by atoms with Crippen molar-refractivity contribution >= 4 is 11.9 Å². The van der Waals surface area contributed by atoms with Crippen LogP contribution in [-0.4, -0.2) is 43.5 Å². The second-order valence-corrected chi connectivity index (χ2v) is 3.25. The molecule has 0 aromatic carbocycles. The highest BCUT2D eigenvalue weighted by atomic mass is 16.2. The number of hydrogen-bond acceptors (Lipinski definition) is 2. The zero-order valence-electron chi connectivity index (χ0n) is 7.96. The summed E-state index contributed by atoms with van der Waals surface area (Å²) in [6.45, 7) is 0.121. The number of nitrogens with one attached hydrogen (secondary N) is 2. The van der Waals surface area contributed by atoms with E-state index in [9.17, 15) is 9.59 Å². The van der Waals surface area contributed by atoms with Crippen molar-refractivity contribution in [2.75, 3.05) is 20.6 Å². The van der Waals surface area contributed by atoms with Gasteiger partial charge in [0, 0.05) is 20.1 Å². The van der Waals surface area contributed by atoms with Gasteiger partial charge in [0.1, 0.15) is 6.54 Å². The van der Waals surface area contributed by atoms with E-state index >= 15 is 0 Å². The molecule has 5 heteroatoms. The maximum Gasteiger partial charge on any atom is 0.317 e. The van der Waals surface area contributed by atoms with Crippen molar-refractivity contribution in [3.8, 4) is 0 Å². The van der Waals surface area contributed by atoms with Gasteiger partial charge in [-0.25, -0.2) is 4.79 Å². The maximum atomic E-state index is 11.2. The Labute approximate surface area is 77.5 Å². The summed E-state index contributed by atoms with van der Waals surface area (Å²) in [6.07, 6.45) is 2.13. The predicted molar refractivity (Wildman–Crippen MR) is 48.3 cm³/mol. The molecule has 0 heterocycles. The average molecular weight is 185 g/mol. The molecule has 3 amide bonds. The topological polar surface area (TPSA) is 61.4 Å². The lowest BCUT2D eigenvalue weighted by molar-refractivity contribution is -0.121. The van der Waals surface area contributed by atoms with Crippen LogP contribution in [0.2, 0.25) is 0 Å². The molecule has 0 spiro atoms. The first kappa shape index (κ1) is 9.83. The number of rotatable bonds is 3. The molecule has 1 aliphatic carbocycles. The summed E-state index contributed by atoms with van der Waals surface area (Å²) < 4.78 is 0. The first-order valence-electron chi connectivity index (χ1n) is 4.35. The second kappa shape index (κ2) is 4.11. The smallest absolute Gasteiger partial charge is 0.317 e. The van der Waals surface area contributed by atoms with Gasteiger partial charge in [-0.15, -0.1) is 0 Å². The van der Waals surface area contributed by atoms with Crippen LogP contribution >= 0.6 is 0 Å². The van der Waals surface area contributed by atoms with Crippen molar-refractivity contribution in [2.45, 2.75) is 18.9 Å². The van der Waals surface area contributed by atoms with Crippen molar-refractivity contribution < 1.29 is 9.59 Å². The molecule has 0 radical (unpaired) electrons. The first-order chi connectivity index (χ1) is 6.13. The Morgan fingerprint density at radius 3 is 2.54 bits per heavy atom. The van der Waals surface area contributed by atoms with Gasteiger partial charge in [-0.3, -0.25) is 4.79 Å². The molecular formula is C8H15N3O2. The van der Waals surface area contributed by atoms with Crippen LogP contribution in [0.1, 0.15) is 12.8 Å². The summed E-state index contributed by atoms with van der Waals surface area (Å²) in [5, 5.41) is 5.25. The quantitative estimate of drug-likeness (QED) is 0.624. The van der Waals surface area contributed by atoms with Crippen molar-refractivity contribution in [3.63, 3.8) is 0 Å². The van der Waals surface area contributed by atoms with Gasteiger partial charge < -0.3 is 15.5 Å². The van der Waals surface area contributed by atoms with Gasteiger partial charge in [-0.05, 0) is 12.8 Å². The highest BCUT2D eigenvalue weighted by Gasteiger charge is 2.23. The van der Waals surface area contributed by atoms with Crippen LogP contribution in [0, 0.1) is 0 Å². The fourth-order valence-electron chi connectivity index (χ4n) is 0.979. The zero-order chi connectivity index (χ0) is 9.84. The van der Waals surface area contributed by atoms with E-state index in [0.717, 1.165) is 12.8 Å². The van der Waals surface area contributed by atoms with Crippen LogP contribution in [0.15, 0.2) is 0 Å². The van der Waals surface area contributed by atoms with Crippen LogP contribution in [0.4, 0.5) is 4.79 Å². The molecule has 2 N–H and O–H groups in total. The molecule has 13 heavy (non-hydrogen) atoms. The Morgan fingerprint density at radius 1 is 1.46 bits per heavy atom. The summed E-state index contributed by atoms with van der Waals surface area (Å²) in [4.78, 5) is 23.5. The Bertz CT molecular complexity index is 213. The van der Waals surface area contributed by atoms with Crippen molar-refractivity contribution in [1.82, 2.24) is 15.5 Å². The van der Waals surface area contributed by atoms with E-state index in [2.05, 4.69) is 10.6 Å². The minimum absolute atomic E-state index is 0.0893. The van der Waals surface area contributed by atoms with Crippen LogP contribution in [0.5, 0.6) is 0 Å². The number of carbonyl (C=O) groups excluding carboxylic acids is 2. The molecule has 0 bridgehead atoms. The van der Waals surface area contributed by atoms with E-state index in [-0.39, 0.29) is 18.5 Å². The molecule has 1 aliphatic rings. The molecule has 1 rings (SSSR count). The molecule has 0 aromatic heterocycles. The Morgan fingerprint density at radius 2 is 2.08 bits per heavy atom. The molecule has 0 atom stereocenters. The van der Waals surface area contributed by atoms with E-state index < -0.39 is 0 Å². The lowest BCUT2D eigenvalue weighted by Crippen LogP contribution is -2.42. The van der Waals surface area contributed by atoms with Gasteiger partial charge in [-0.2, -0.15) is 0 Å². The largest absolute Gasteiger partial charge is 0.352 e. The fourth-order valence-corrected chi connectivity index (χ4v) is 0.979. The summed E-state index contributed by atoms with van der Waals surface area (Å²) in [5.41, 5.74) is 0. The fraction of sp³-hybridized carbons (Fsp3) is 0.750. The maximum absolute atomic E-state index is 11.2. The minimum Gasteiger partial charge on any atom is -0.352 e. The number of amides is 3. The monoisotopic (exact) mass is 185 g/mol. The molecule has 1 saturated carbocycles. The summed E-state index contributed by atoms with van der Waals surface area (Å²) in [7, 11) is 3.13. The average Bonchev–Trinajstić information content (AvgIpc) is 2.86. The third-order valence-corrected chi connectivity index (χ3v) is 1.88. The molecule has 0 saturated heterocycles. The number of nitrogens with zero attached hydrogens (tertiary/aromatic N) is 1. The molecule has 74 valence electrons. The van der Waals surface area contributed by atoms with Crippen LogP contribution < -0.4 is 10.6 Å². The van der Waals surface area contributed by atoms with Gasteiger partial charge in [0.25, 0.3) is 0 Å². The highest BCUT2D eigenvalue weighted by molar-refractivity contribution is 5.84. The van der Waals surface area contributed by atoms with Gasteiger partial charge in [0.15, 0.2) is 0 Å². The third-order valence-electron chi connectivity index (χ3n) is 1.88. The standard InChI is InChI=1S/C8H15N3O2/c1-9-8(13)11(2)5-7(12)10-6-3-4-6/h6H,3-5H2,1-2H3,(H,9,13)(H,10,12). The number of carbonyl (C=O) groups is 2. The summed E-state index contributed by atoms with van der Waals surface area (Å²) in [6, 6.07) is 0.108. The Balaban J connectivity index is 2.21.